The van der Waals surface area contributed by atoms with Gasteiger partial charge in [0.15, 0.2) is 0 Å². The first-order valence-corrected chi connectivity index (χ1v) is 24.5. The summed E-state index contributed by atoms with van der Waals surface area (Å²) in [5.74, 6) is 1.54. The zero-order valence-electron chi connectivity index (χ0n) is 39.2. The minimum Gasteiger partial charge on any atom is -0.456 e. The van der Waals surface area contributed by atoms with Crippen LogP contribution in [0.3, 0.4) is 0 Å². The predicted octanol–water partition coefficient (Wildman–Crippen LogP) is 5.98. The Morgan fingerprint density at radius 1 is 0.627 bits per heavy atom. The van der Waals surface area contributed by atoms with E-state index in [1.54, 1.807) is 9.80 Å². The number of furan rings is 2. The van der Waals surface area contributed by atoms with E-state index in [1.807, 2.05) is 62.0 Å². The maximum atomic E-state index is 14.1. The Bertz CT molecular complexity index is 2550. The molecule has 0 saturated carbocycles. The molecule has 0 radical (unpaired) electrons. The third-order valence-corrected chi connectivity index (χ3v) is 14.8. The van der Waals surface area contributed by atoms with Crippen molar-refractivity contribution in [2.45, 2.75) is 96.3 Å². The molecule has 9 heterocycles. The Hall–Kier alpha value is -5.88. The summed E-state index contributed by atoms with van der Waals surface area (Å²) in [5, 5.41) is 8.22. The topological polar surface area (TPSA) is 197 Å². The molecule has 5 fully saturated rings. The summed E-state index contributed by atoms with van der Waals surface area (Å²) in [7, 11) is 0. The number of likely N-dealkylation sites (tertiary alicyclic amines) is 2. The number of benzene rings is 2. The van der Waals surface area contributed by atoms with E-state index in [0.29, 0.717) is 71.6 Å². The van der Waals surface area contributed by atoms with Crippen LogP contribution in [0.15, 0.2) is 41.1 Å². The van der Waals surface area contributed by atoms with Crippen molar-refractivity contribution in [2.24, 2.45) is 11.8 Å². The van der Waals surface area contributed by atoms with Gasteiger partial charge >= 0.3 is 12.1 Å². The van der Waals surface area contributed by atoms with Crippen LogP contribution in [0.2, 0.25) is 0 Å². The molecule has 358 valence electrons. The molecule has 67 heavy (non-hydrogen) atoms. The van der Waals surface area contributed by atoms with E-state index in [4.69, 9.17) is 23.9 Å². The molecular formula is C49H65N11O7. The van der Waals surface area contributed by atoms with Crippen LogP contribution in [0.25, 0.3) is 33.2 Å². The molecule has 4 atom stereocenters. The fourth-order valence-corrected chi connectivity index (χ4v) is 11.0. The number of piperidine rings is 1. The van der Waals surface area contributed by atoms with Gasteiger partial charge in [-0.15, -0.1) is 0 Å². The molecule has 5 aromatic rings. The molecule has 5 saturated heterocycles. The van der Waals surface area contributed by atoms with Gasteiger partial charge in [0.05, 0.1) is 55.8 Å². The number of rotatable bonds is 11. The van der Waals surface area contributed by atoms with Crippen molar-refractivity contribution < 1.29 is 33.1 Å². The van der Waals surface area contributed by atoms with Gasteiger partial charge in [-0.2, -0.15) is 0 Å². The number of anilines is 1. The highest BCUT2D eigenvalue weighted by molar-refractivity contribution is 6.19. The van der Waals surface area contributed by atoms with Crippen molar-refractivity contribution in [3.8, 4) is 11.3 Å². The fourth-order valence-electron chi connectivity index (χ4n) is 11.0. The van der Waals surface area contributed by atoms with Crippen molar-refractivity contribution in [3.05, 3.63) is 54.0 Å². The number of fused-ring (bicyclic) bond motifs is 5. The van der Waals surface area contributed by atoms with E-state index in [0.717, 1.165) is 108 Å². The van der Waals surface area contributed by atoms with Crippen LogP contribution in [0.5, 0.6) is 0 Å². The summed E-state index contributed by atoms with van der Waals surface area (Å²) < 4.78 is 17.2. The second-order valence-corrected chi connectivity index (χ2v) is 19.6. The Labute approximate surface area is 390 Å². The minimum absolute atomic E-state index is 0.0594. The van der Waals surface area contributed by atoms with Gasteiger partial charge in [-0.25, -0.2) is 19.6 Å². The number of nitrogens with zero attached hydrogens (tertiary/aromatic N) is 7. The summed E-state index contributed by atoms with van der Waals surface area (Å²) in [5.41, 5.74) is 5.78. The molecule has 6 amide bonds. The lowest BCUT2D eigenvalue weighted by Gasteiger charge is -2.34. The van der Waals surface area contributed by atoms with Crippen molar-refractivity contribution in [2.75, 3.05) is 83.7 Å². The summed E-state index contributed by atoms with van der Waals surface area (Å²) in [6, 6.07) is 6.32. The lowest BCUT2D eigenvalue weighted by molar-refractivity contribution is -0.136. The highest BCUT2D eigenvalue weighted by Gasteiger charge is 2.40. The van der Waals surface area contributed by atoms with Gasteiger partial charge < -0.3 is 59.0 Å². The molecule has 18 heteroatoms. The Morgan fingerprint density at radius 2 is 1.15 bits per heavy atom. The molecule has 5 aliphatic heterocycles. The van der Waals surface area contributed by atoms with E-state index >= 15 is 0 Å². The van der Waals surface area contributed by atoms with Crippen molar-refractivity contribution >= 4 is 51.5 Å². The van der Waals surface area contributed by atoms with Crippen LogP contribution >= 0.6 is 0 Å². The van der Waals surface area contributed by atoms with Gasteiger partial charge in [-0.3, -0.25) is 9.59 Å². The van der Waals surface area contributed by atoms with Gasteiger partial charge in [0.25, 0.3) is 0 Å². The molecule has 18 nitrogen and oxygen atoms in total. The van der Waals surface area contributed by atoms with E-state index in [1.165, 1.54) is 0 Å². The summed E-state index contributed by atoms with van der Waals surface area (Å²) in [6.07, 6.45) is 9.03. The van der Waals surface area contributed by atoms with Gasteiger partial charge in [-0.1, -0.05) is 27.7 Å². The molecule has 5 aliphatic rings. The predicted molar refractivity (Wildman–Crippen MR) is 252 cm³/mol. The van der Waals surface area contributed by atoms with Crippen LogP contribution in [0.4, 0.5) is 15.3 Å². The third-order valence-electron chi connectivity index (χ3n) is 14.8. The van der Waals surface area contributed by atoms with E-state index in [-0.39, 0.29) is 47.8 Å². The number of carbonyl (C=O) groups is 4. The van der Waals surface area contributed by atoms with Gasteiger partial charge in [0.1, 0.15) is 34.9 Å². The molecule has 0 aliphatic carbocycles. The summed E-state index contributed by atoms with van der Waals surface area (Å²) >= 11 is 0. The van der Waals surface area contributed by atoms with E-state index in [9.17, 15) is 19.2 Å². The monoisotopic (exact) mass is 920 g/mol. The molecule has 4 aromatic heterocycles. The number of hydrogen-bond donors (Lipinski definition) is 4. The number of morpholine rings is 2. The number of ether oxygens (including phenoxy) is 2. The first kappa shape index (κ1) is 44.9. The van der Waals surface area contributed by atoms with Crippen LogP contribution < -0.4 is 15.5 Å². The van der Waals surface area contributed by atoms with Crippen LogP contribution in [-0.2, 0) is 19.1 Å². The lowest BCUT2D eigenvalue weighted by atomic mass is 9.92. The Balaban J connectivity index is 0.804. The van der Waals surface area contributed by atoms with Gasteiger partial charge in [0.2, 0.25) is 11.8 Å². The third kappa shape index (κ3) is 8.78. The fraction of sp³-hybridized carbons (Fsp3) is 0.592. The Kier molecular flexibility index (Phi) is 12.8. The van der Waals surface area contributed by atoms with E-state index < -0.39 is 12.1 Å². The zero-order chi connectivity index (χ0) is 46.3. The number of amides is 6. The van der Waals surface area contributed by atoms with Crippen LogP contribution in [0, 0.1) is 11.8 Å². The second kappa shape index (κ2) is 19.0. The molecule has 0 spiro atoms. The van der Waals surface area contributed by atoms with Crippen molar-refractivity contribution in [1.29, 1.82) is 0 Å². The first-order chi connectivity index (χ1) is 32.5. The lowest BCUT2D eigenvalue weighted by Crippen LogP contribution is -2.55. The van der Waals surface area contributed by atoms with Crippen molar-refractivity contribution in [3.63, 3.8) is 0 Å². The SMILES string of the molecule is CC(C)[C@H](NC(=O)N1CCOCC1)C(=O)N1CCC[C@H]1c1ncc(-c2ccc(N3CCC(c4cnc([C@@H]5CCCN5C(=O)[C@@H](NC(=O)N5CCOCC5)C(C)C)[nH]4)CC3)c3c4ccc(o4)c23)[nH]1. The number of nitrogens with one attached hydrogen (secondary N) is 4. The number of urea groups is 2. The number of H-pyrrole nitrogens is 2. The van der Waals surface area contributed by atoms with Gasteiger partial charge in [-0.05, 0) is 74.6 Å². The summed E-state index contributed by atoms with van der Waals surface area (Å²) in [4.78, 5) is 81.2. The Morgan fingerprint density at radius 3 is 1.70 bits per heavy atom. The average molecular weight is 920 g/mol. The van der Waals surface area contributed by atoms with Crippen molar-refractivity contribution in [1.82, 2.24) is 50.2 Å². The number of imidazole rings is 2. The largest absolute Gasteiger partial charge is 0.456 e. The number of hydrogen-bond acceptors (Lipinski definition) is 10. The normalized spacial score (nSPS) is 21.9. The average Bonchev–Trinajstić information content (AvgIpc) is 4.22. The molecule has 1 aromatic carbocycles. The standard InChI is InChI=1S/C49H65N11O7/c1-29(2)42(54-48(63)57-19-23-65-24-20-57)46(61)59-15-5-7-36(59)44-50-27-33(52-44)31-13-17-56(18-14-31)35-10-9-32(40-38-11-12-39(67-38)41(35)40)34-28-51-45(53-34)37-8-6-16-60(37)47(62)43(30(3)4)55-49(64)58-21-25-66-26-22-58/h9-12,27-31,36-37,42-43H,5-8,13-26H2,1-4H3,(H,50,52)(H,51,53)(H,54,63)(H,55,64)/t36-,37-,42-,43-/m0/s1. The van der Waals surface area contributed by atoms with Gasteiger partial charge in [0, 0.05) is 86.8 Å². The van der Waals surface area contributed by atoms with Crippen LogP contribution in [-0.4, -0.2) is 154 Å². The van der Waals surface area contributed by atoms with E-state index in [2.05, 4.69) is 37.6 Å². The van der Waals surface area contributed by atoms with Crippen LogP contribution in [0.1, 0.15) is 102 Å². The zero-order valence-corrected chi connectivity index (χ0v) is 39.2. The highest BCUT2D eigenvalue weighted by Crippen LogP contribution is 2.45. The molecule has 4 N–H and O–H groups in total. The quantitative estimate of drug-likeness (QED) is 0.122. The maximum Gasteiger partial charge on any atom is 0.318 e. The molecular weight excluding hydrogens is 855 g/mol. The maximum absolute atomic E-state index is 14.1. The summed E-state index contributed by atoms with van der Waals surface area (Å²) in [6.45, 7) is 14.9. The first-order valence-electron chi connectivity index (χ1n) is 24.5. The highest BCUT2D eigenvalue weighted by atomic mass is 16.5. The number of aromatic nitrogens is 4. The smallest absolute Gasteiger partial charge is 0.318 e. The molecule has 10 rings (SSSR count). The number of aromatic amines is 2. The molecule has 2 bridgehead atoms. The molecule has 0 unspecified atom stereocenters. The second-order valence-electron chi connectivity index (χ2n) is 19.6. The minimum atomic E-state index is -0.650. The number of carbonyl (C=O) groups excluding carboxylic acids is 4.